The summed E-state index contributed by atoms with van der Waals surface area (Å²) in [7, 11) is 0. The summed E-state index contributed by atoms with van der Waals surface area (Å²) in [4.78, 5) is 30.4. The van der Waals surface area contributed by atoms with Crippen LogP contribution < -0.4 is 0 Å². The first-order chi connectivity index (χ1) is 11.0. The largest absolute Gasteiger partial charge is 0.450 e. The zero-order valence-electron chi connectivity index (χ0n) is 14.8. The van der Waals surface area contributed by atoms with Gasteiger partial charge in [-0.15, -0.1) is 0 Å². The molecular weight excluding hydrogens is 294 g/mol. The van der Waals surface area contributed by atoms with E-state index in [2.05, 4.69) is 18.7 Å². The molecule has 0 aromatic rings. The lowest BCUT2D eigenvalue weighted by atomic mass is 9.94. The van der Waals surface area contributed by atoms with E-state index in [1.807, 2.05) is 11.8 Å². The van der Waals surface area contributed by atoms with Gasteiger partial charge in [0, 0.05) is 38.6 Å². The standard InChI is InChI=1S/C17H31N3O3/c1-4-23-17(22)20-11-9-19(10-12-20)16(21)15-5-7-18(8-6-15)13-14(2)3/h14-15H,4-13H2,1-3H3. The highest BCUT2D eigenvalue weighted by Crippen LogP contribution is 2.21. The molecule has 0 saturated carbocycles. The van der Waals surface area contributed by atoms with Crippen molar-refractivity contribution < 1.29 is 14.3 Å². The van der Waals surface area contributed by atoms with E-state index < -0.39 is 0 Å². The first-order valence-electron chi connectivity index (χ1n) is 8.94. The molecule has 0 N–H and O–H groups in total. The number of carbonyl (C=O) groups is 2. The zero-order chi connectivity index (χ0) is 16.8. The zero-order valence-corrected chi connectivity index (χ0v) is 14.8. The molecule has 0 aromatic heterocycles. The van der Waals surface area contributed by atoms with Crippen LogP contribution in [0.25, 0.3) is 0 Å². The van der Waals surface area contributed by atoms with E-state index in [1.54, 1.807) is 4.90 Å². The molecule has 0 atom stereocenters. The van der Waals surface area contributed by atoms with Crippen molar-refractivity contribution in [3.05, 3.63) is 0 Å². The van der Waals surface area contributed by atoms with E-state index in [-0.39, 0.29) is 17.9 Å². The van der Waals surface area contributed by atoms with Crippen molar-refractivity contribution in [2.24, 2.45) is 11.8 Å². The van der Waals surface area contributed by atoms with Crippen LogP contribution in [0.5, 0.6) is 0 Å². The third-order valence-corrected chi connectivity index (χ3v) is 4.68. The van der Waals surface area contributed by atoms with Crippen LogP contribution in [-0.4, -0.2) is 79.1 Å². The van der Waals surface area contributed by atoms with Crippen molar-refractivity contribution in [2.75, 3.05) is 52.4 Å². The van der Waals surface area contributed by atoms with Crippen molar-refractivity contribution >= 4 is 12.0 Å². The van der Waals surface area contributed by atoms with Gasteiger partial charge in [0.2, 0.25) is 5.91 Å². The van der Waals surface area contributed by atoms with Crippen molar-refractivity contribution in [3.63, 3.8) is 0 Å². The maximum atomic E-state index is 12.7. The first-order valence-corrected chi connectivity index (χ1v) is 8.94. The number of rotatable bonds is 4. The lowest BCUT2D eigenvalue weighted by Crippen LogP contribution is -2.53. The minimum atomic E-state index is -0.262. The van der Waals surface area contributed by atoms with E-state index >= 15 is 0 Å². The molecule has 23 heavy (non-hydrogen) atoms. The average molecular weight is 325 g/mol. The Morgan fingerprint density at radius 2 is 1.57 bits per heavy atom. The van der Waals surface area contributed by atoms with Gasteiger partial charge < -0.3 is 19.4 Å². The molecule has 2 amide bonds. The Morgan fingerprint density at radius 3 is 2.09 bits per heavy atom. The molecule has 6 heteroatoms. The third kappa shape index (κ3) is 5.09. The van der Waals surface area contributed by atoms with Crippen LogP contribution >= 0.6 is 0 Å². The monoisotopic (exact) mass is 325 g/mol. The number of ether oxygens (including phenoxy) is 1. The lowest BCUT2D eigenvalue weighted by molar-refractivity contribution is -0.138. The fraction of sp³-hybridized carbons (Fsp3) is 0.882. The first kappa shape index (κ1) is 18.0. The molecule has 0 spiro atoms. The van der Waals surface area contributed by atoms with E-state index in [1.165, 1.54) is 0 Å². The molecular formula is C17H31N3O3. The van der Waals surface area contributed by atoms with Gasteiger partial charge in [0.1, 0.15) is 0 Å². The highest BCUT2D eigenvalue weighted by molar-refractivity contribution is 5.79. The number of carbonyl (C=O) groups excluding carboxylic acids is 2. The molecule has 2 saturated heterocycles. The summed E-state index contributed by atoms with van der Waals surface area (Å²) < 4.78 is 5.01. The van der Waals surface area contributed by atoms with Crippen molar-refractivity contribution in [3.8, 4) is 0 Å². The normalized spacial score (nSPS) is 20.9. The van der Waals surface area contributed by atoms with Crippen LogP contribution in [0.1, 0.15) is 33.6 Å². The SMILES string of the molecule is CCOC(=O)N1CCN(C(=O)C2CCN(CC(C)C)CC2)CC1. The fourth-order valence-electron chi connectivity index (χ4n) is 3.46. The minimum absolute atomic E-state index is 0.160. The lowest BCUT2D eigenvalue weighted by Gasteiger charge is -2.38. The maximum absolute atomic E-state index is 12.7. The molecule has 0 aromatic carbocycles. The molecule has 2 aliphatic rings. The predicted octanol–water partition coefficient (Wildman–Crippen LogP) is 1.66. The van der Waals surface area contributed by atoms with Gasteiger partial charge in [-0.25, -0.2) is 4.79 Å². The smallest absolute Gasteiger partial charge is 0.409 e. The quantitative estimate of drug-likeness (QED) is 0.789. The van der Waals surface area contributed by atoms with Crippen LogP contribution in [0.15, 0.2) is 0 Å². The fourth-order valence-corrected chi connectivity index (χ4v) is 3.46. The Kier molecular flexibility index (Phi) is 6.69. The second-order valence-electron chi connectivity index (χ2n) is 6.98. The number of piperazine rings is 1. The summed E-state index contributed by atoms with van der Waals surface area (Å²) in [6, 6.07) is 0. The van der Waals surface area contributed by atoms with Crippen LogP contribution in [0, 0.1) is 11.8 Å². The van der Waals surface area contributed by atoms with E-state index in [4.69, 9.17) is 4.74 Å². The number of hydrogen-bond donors (Lipinski definition) is 0. The molecule has 0 unspecified atom stereocenters. The number of nitrogens with zero attached hydrogens (tertiary/aromatic N) is 3. The minimum Gasteiger partial charge on any atom is -0.450 e. The second-order valence-corrected chi connectivity index (χ2v) is 6.98. The van der Waals surface area contributed by atoms with Crippen LogP contribution in [0.2, 0.25) is 0 Å². The van der Waals surface area contributed by atoms with Gasteiger partial charge in [0.25, 0.3) is 0 Å². The Morgan fingerprint density at radius 1 is 1.00 bits per heavy atom. The average Bonchev–Trinajstić information content (AvgIpc) is 2.55. The van der Waals surface area contributed by atoms with Gasteiger partial charge in [-0.2, -0.15) is 0 Å². The van der Waals surface area contributed by atoms with Gasteiger partial charge >= 0.3 is 6.09 Å². The predicted molar refractivity (Wildman–Crippen MR) is 89.2 cm³/mol. The molecule has 0 aliphatic carbocycles. The molecule has 2 heterocycles. The Labute approximate surface area is 139 Å². The number of hydrogen-bond acceptors (Lipinski definition) is 4. The van der Waals surface area contributed by atoms with Crippen LogP contribution in [-0.2, 0) is 9.53 Å². The van der Waals surface area contributed by atoms with Gasteiger partial charge in [-0.1, -0.05) is 13.8 Å². The van der Waals surface area contributed by atoms with Crippen molar-refractivity contribution in [1.82, 2.24) is 14.7 Å². The van der Waals surface area contributed by atoms with Gasteiger partial charge in [-0.3, -0.25) is 4.79 Å². The Balaban J connectivity index is 1.74. The Hall–Kier alpha value is -1.30. The van der Waals surface area contributed by atoms with Crippen LogP contribution in [0.4, 0.5) is 4.79 Å². The van der Waals surface area contributed by atoms with Gasteiger partial charge in [-0.05, 0) is 38.8 Å². The summed E-state index contributed by atoms with van der Waals surface area (Å²) in [5.41, 5.74) is 0. The molecule has 2 rings (SSSR count). The number of likely N-dealkylation sites (tertiary alicyclic amines) is 1. The topological polar surface area (TPSA) is 53.1 Å². The summed E-state index contributed by atoms with van der Waals surface area (Å²) >= 11 is 0. The number of amides is 2. The van der Waals surface area contributed by atoms with Crippen molar-refractivity contribution in [2.45, 2.75) is 33.6 Å². The third-order valence-electron chi connectivity index (χ3n) is 4.68. The molecule has 0 bridgehead atoms. The summed E-state index contributed by atoms with van der Waals surface area (Å²) in [5.74, 6) is 1.11. The maximum Gasteiger partial charge on any atom is 0.409 e. The highest BCUT2D eigenvalue weighted by atomic mass is 16.6. The Bertz CT molecular complexity index is 398. The van der Waals surface area contributed by atoms with Crippen LogP contribution in [0.3, 0.4) is 0 Å². The van der Waals surface area contributed by atoms with E-state index in [0.717, 1.165) is 32.5 Å². The summed E-state index contributed by atoms with van der Waals surface area (Å²) in [6.45, 7) is 12.3. The molecule has 2 fully saturated rings. The second kappa shape index (κ2) is 8.52. The molecule has 132 valence electrons. The van der Waals surface area contributed by atoms with Gasteiger partial charge in [0.15, 0.2) is 0 Å². The molecule has 6 nitrogen and oxygen atoms in total. The van der Waals surface area contributed by atoms with Gasteiger partial charge in [0.05, 0.1) is 6.61 Å². The number of piperidine rings is 1. The highest BCUT2D eigenvalue weighted by Gasteiger charge is 2.31. The summed E-state index contributed by atoms with van der Waals surface area (Å²) in [5, 5.41) is 0. The van der Waals surface area contributed by atoms with E-state index in [9.17, 15) is 9.59 Å². The van der Waals surface area contributed by atoms with E-state index in [0.29, 0.717) is 38.7 Å². The summed E-state index contributed by atoms with van der Waals surface area (Å²) in [6.07, 6.45) is 1.66. The molecule has 2 aliphatic heterocycles. The van der Waals surface area contributed by atoms with Crippen molar-refractivity contribution in [1.29, 1.82) is 0 Å². The molecule has 0 radical (unpaired) electrons.